The number of nitrogens with one attached hydrogen (secondary N) is 1. The molecule has 0 aromatic heterocycles. The lowest BCUT2D eigenvalue weighted by Crippen LogP contribution is -2.49. The molecule has 4 nitrogen and oxygen atoms in total. The third-order valence-corrected chi connectivity index (χ3v) is 7.11. The summed E-state index contributed by atoms with van der Waals surface area (Å²) in [6.45, 7) is 12.2. The molecule has 0 amide bonds. The molecule has 0 bridgehead atoms. The third-order valence-electron chi connectivity index (χ3n) is 7.11. The standard InChI is InChI=1S/C27H42N4/c1-4-27(28,5-2)17-16-23(3)29-26(24-12-8-6-9-13-24)22-30-18-20-31(21-19-30)25-14-10-7-11-15-25/h6-15,23,26,29H,4-5,16-22,28H2,1-3H3. The number of hydrogen-bond donors (Lipinski definition) is 2. The van der Waals surface area contributed by atoms with Crippen molar-refractivity contribution in [2.24, 2.45) is 5.73 Å². The first kappa shape index (κ1) is 23.8. The van der Waals surface area contributed by atoms with Crippen molar-refractivity contribution in [3.05, 3.63) is 66.2 Å². The number of anilines is 1. The van der Waals surface area contributed by atoms with Crippen LogP contribution in [-0.2, 0) is 0 Å². The summed E-state index contributed by atoms with van der Waals surface area (Å²) in [6.07, 6.45) is 4.28. The van der Waals surface area contributed by atoms with Gasteiger partial charge in [-0.05, 0) is 50.3 Å². The molecule has 1 fully saturated rings. The molecule has 0 radical (unpaired) electrons. The van der Waals surface area contributed by atoms with Gasteiger partial charge in [0.15, 0.2) is 0 Å². The van der Waals surface area contributed by atoms with Crippen LogP contribution in [0.25, 0.3) is 0 Å². The van der Waals surface area contributed by atoms with Crippen molar-refractivity contribution >= 4 is 5.69 Å². The maximum atomic E-state index is 6.56. The van der Waals surface area contributed by atoms with Crippen molar-refractivity contribution in [1.82, 2.24) is 10.2 Å². The Labute approximate surface area is 189 Å². The number of nitrogens with zero attached hydrogens (tertiary/aromatic N) is 2. The van der Waals surface area contributed by atoms with Crippen molar-refractivity contribution in [3.8, 4) is 0 Å². The highest BCUT2D eigenvalue weighted by Gasteiger charge is 2.24. The maximum absolute atomic E-state index is 6.56. The van der Waals surface area contributed by atoms with E-state index in [1.54, 1.807) is 0 Å². The molecule has 0 aliphatic carbocycles. The fraction of sp³-hybridized carbons (Fsp3) is 0.556. The van der Waals surface area contributed by atoms with Gasteiger partial charge in [0.05, 0.1) is 0 Å². The van der Waals surface area contributed by atoms with Crippen LogP contribution < -0.4 is 16.0 Å². The van der Waals surface area contributed by atoms with Gasteiger partial charge in [-0.3, -0.25) is 4.90 Å². The van der Waals surface area contributed by atoms with Crippen LogP contribution in [0.2, 0.25) is 0 Å². The summed E-state index contributed by atoms with van der Waals surface area (Å²) in [7, 11) is 0. The fourth-order valence-corrected chi connectivity index (χ4v) is 4.56. The summed E-state index contributed by atoms with van der Waals surface area (Å²) in [4.78, 5) is 5.11. The van der Waals surface area contributed by atoms with Crippen molar-refractivity contribution in [2.75, 3.05) is 37.6 Å². The third kappa shape index (κ3) is 7.06. The lowest BCUT2D eigenvalue weighted by molar-refractivity contribution is 0.219. The van der Waals surface area contributed by atoms with Gasteiger partial charge in [-0.25, -0.2) is 0 Å². The number of benzene rings is 2. The van der Waals surface area contributed by atoms with Gasteiger partial charge in [0, 0.05) is 56.0 Å². The van der Waals surface area contributed by atoms with Crippen LogP contribution in [0.4, 0.5) is 5.69 Å². The van der Waals surface area contributed by atoms with Crippen molar-refractivity contribution in [1.29, 1.82) is 0 Å². The summed E-state index contributed by atoms with van der Waals surface area (Å²) in [5.41, 5.74) is 9.25. The molecule has 2 aromatic rings. The lowest BCUT2D eigenvalue weighted by atomic mass is 9.87. The highest BCUT2D eigenvalue weighted by atomic mass is 15.3. The SMILES string of the molecule is CCC(N)(CC)CCC(C)NC(CN1CCN(c2ccccc2)CC1)c1ccccc1. The molecule has 3 N–H and O–H groups in total. The van der Waals surface area contributed by atoms with Gasteiger partial charge in [0.2, 0.25) is 0 Å². The van der Waals surface area contributed by atoms with E-state index in [1.807, 2.05) is 0 Å². The molecule has 2 aromatic carbocycles. The largest absolute Gasteiger partial charge is 0.369 e. The molecule has 3 rings (SSSR count). The first-order chi connectivity index (χ1) is 15.0. The highest BCUT2D eigenvalue weighted by molar-refractivity contribution is 5.46. The zero-order valence-corrected chi connectivity index (χ0v) is 19.8. The van der Waals surface area contributed by atoms with E-state index in [0.29, 0.717) is 12.1 Å². The number of hydrogen-bond acceptors (Lipinski definition) is 4. The molecule has 1 aliphatic heterocycles. The van der Waals surface area contributed by atoms with Crippen LogP contribution in [0.1, 0.15) is 58.1 Å². The Hall–Kier alpha value is -1.88. The van der Waals surface area contributed by atoms with Gasteiger partial charge in [-0.2, -0.15) is 0 Å². The van der Waals surface area contributed by atoms with Gasteiger partial charge in [-0.1, -0.05) is 62.4 Å². The topological polar surface area (TPSA) is 44.5 Å². The maximum Gasteiger partial charge on any atom is 0.0451 e. The molecule has 4 heteroatoms. The van der Waals surface area contributed by atoms with Crippen molar-refractivity contribution in [3.63, 3.8) is 0 Å². The summed E-state index contributed by atoms with van der Waals surface area (Å²) in [6, 6.07) is 22.5. The van der Waals surface area contributed by atoms with Gasteiger partial charge in [0.25, 0.3) is 0 Å². The Kier molecular flexibility index (Phi) is 8.94. The second-order valence-electron chi connectivity index (χ2n) is 9.26. The van der Waals surface area contributed by atoms with Crippen LogP contribution in [0.5, 0.6) is 0 Å². The van der Waals surface area contributed by atoms with Crippen molar-refractivity contribution < 1.29 is 0 Å². The summed E-state index contributed by atoms with van der Waals surface area (Å²) in [5, 5.41) is 3.93. The molecular weight excluding hydrogens is 380 g/mol. The highest BCUT2D eigenvalue weighted by Crippen LogP contribution is 2.22. The average Bonchev–Trinajstić information content (AvgIpc) is 2.84. The fourth-order valence-electron chi connectivity index (χ4n) is 4.56. The monoisotopic (exact) mass is 422 g/mol. The molecular formula is C27H42N4. The Morgan fingerprint density at radius 2 is 1.48 bits per heavy atom. The van der Waals surface area contributed by atoms with Crippen LogP contribution in [0.3, 0.4) is 0 Å². The van der Waals surface area contributed by atoms with E-state index in [0.717, 1.165) is 58.4 Å². The van der Waals surface area contributed by atoms with Gasteiger partial charge in [-0.15, -0.1) is 0 Å². The van der Waals surface area contributed by atoms with E-state index in [9.17, 15) is 0 Å². The zero-order chi connectivity index (χ0) is 22.1. The molecule has 2 atom stereocenters. The summed E-state index contributed by atoms with van der Waals surface area (Å²) >= 11 is 0. The molecule has 1 aliphatic rings. The minimum atomic E-state index is -0.0219. The Bertz CT molecular complexity index is 736. The Balaban J connectivity index is 1.57. The number of nitrogens with two attached hydrogens (primary N) is 1. The van der Waals surface area contributed by atoms with Gasteiger partial charge < -0.3 is 16.0 Å². The predicted octanol–water partition coefficient (Wildman–Crippen LogP) is 4.83. The van der Waals surface area contributed by atoms with E-state index in [4.69, 9.17) is 5.73 Å². The van der Waals surface area contributed by atoms with E-state index < -0.39 is 0 Å². The summed E-state index contributed by atoms with van der Waals surface area (Å²) in [5.74, 6) is 0. The first-order valence-corrected chi connectivity index (χ1v) is 12.1. The molecule has 0 saturated carbocycles. The van der Waals surface area contributed by atoms with Crippen LogP contribution >= 0.6 is 0 Å². The van der Waals surface area contributed by atoms with Gasteiger partial charge in [0.1, 0.15) is 0 Å². The molecule has 1 saturated heterocycles. The smallest absolute Gasteiger partial charge is 0.0451 e. The van der Waals surface area contributed by atoms with E-state index in [2.05, 4.69) is 96.6 Å². The summed E-state index contributed by atoms with van der Waals surface area (Å²) < 4.78 is 0. The zero-order valence-electron chi connectivity index (χ0n) is 19.8. The van der Waals surface area contributed by atoms with E-state index in [1.165, 1.54) is 11.3 Å². The first-order valence-electron chi connectivity index (χ1n) is 12.1. The second-order valence-corrected chi connectivity index (χ2v) is 9.26. The average molecular weight is 423 g/mol. The molecule has 31 heavy (non-hydrogen) atoms. The number of rotatable bonds is 11. The van der Waals surface area contributed by atoms with Gasteiger partial charge >= 0.3 is 0 Å². The number of piperazine rings is 1. The Morgan fingerprint density at radius 3 is 2.06 bits per heavy atom. The minimum Gasteiger partial charge on any atom is -0.369 e. The lowest BCUT2D eigenvalue weighted by Gasteiger charge is -2.38. The van der Waals surface area contributed by atoms with E-state index >= 15 is 0 Å². The van der Waals surface area contributed by atoms with Crippen molar-refractivity contribution in [2.45, 2.75) is 64.1 Å². The molecule has 2 unspecified atom stereocenters. The van der Waals surface area contributed by atoms with Crippen LogP contribution in [-0.4, -0.2) is 49.2 Å². The van der Waals surface area contributed by atoms with Crippen LogP contribution in [0.15, 0.2) is 60.7 Å². The molecule has 0 spiro atoms. The normalized spacial score (nSPS) is 17.5. The Morgan fingerprint density at radius 1 is 0.903 bits per heavy atom. The number of para-hydroxylation sites is 1. The minimum absolute atomic E-state index is 0.0219. The molecule has 1 heterocycles. The van der Waals surface area contributed by atoms with Crippen LogP contribution in [0, 0.1) is 0 Å². The predicted molar refractivity (Wildman–Crippen MR) is 134 cm³/mol. The second kappa shape index (κ2) is 11.7. The quantitative estimate of drug-likeness (QED) is 0.545. The molecule has 170 valence electrons. The van der Waals surface area contributed by atoms with E-state index in [-0.39, 0.29) is 5.54 Å².